The third-order valence-electron chi connectivity index (χ3n) is 1.85. The smallest absolute Gasteiger partial charge is 0.212 e. The number of nitrogens with two attached hydrogens (primary N) is 1. The molecule has 5 heteroatoms. The standard InChI is InChI=1S/C9H10N4O/c1-14-8-3-2-6(4-11-8)7-5-12-9(10)13-7/h2-5H,1H3,(H3,10,12,13). The van der Waals surface area contributed by atoms with Crippen LogP contribution in [-0.2, 0) is 0 Å². The molecule has 2 heterocycles. The zero-order valence-corrected chi connectivity index (χ0v) is 7.69. The van der Waals surface area contributed by atoms with Crippen LogP contribution in [0.4, 0.5) is 5.95 Å². The van der Waals surface area contributed by atoms with Crippen LogP contribution in [0, 0.1) is 0 Å². The summed E-state index contributed by atoms with van der Waals surface area (Å²) in [7, 11) is 1.58. The first-order valence-corrected chi connectivity index (χ1v) is 4.10. The number of hydrogen-bond donors (Lipinski definition) is 2. The molecule has 0 aliphatic rings. The van der Waals surface area contributed by atoms with Gasteiger partial charge in [-0.3, -0.25) is 0 Å². The van der Waals surface area contributed by atoms with E-state index in [2.05, 4.69) is 15.0 Å². The maximum absolute atomic E-state index is 5.46. The number of ether oxygens (including phenoxy) is 1. The number of imidazole rings is 1. The van der Waals surface area contributed by atoms with Gasteiger partial charge in [-0.2, -0.15) is 0 Å². The van der Waals surface area contributed by atoms with E-state index in [1.54, 1.807) is 25.6 Å². The van der Waals surface area contributed by atoms with Crippen LogP contribution in [-0.4, -0.2) is 22.1 Å². The zero-order valence-electron chi connectivity index (χ0n) is 7.69. The fraction of sp³-hybridized carbons (Fsp3) is 0.111. The molecule has 5 nitrogen and oxygen atoms in total. The summed E-state index contributed by atoms with van der Waals surface area (Å²) in [6, 6.07) is 3.67. The molecule has 0 spiro atoms. The van der Waals surface area contributed by atoms with Gasteiger partial charge in [-0.1, -0.05) is 0 Å². The molecule has 0 fully saturated rings. The van der Waals surface area contributed by atoms with Crippen molar-refractivity contribution in [1.29, 1.82) is 0 Å². The minimum atomic E-state index is 0.399. The molecule has 14 heavy (non-hydrogen) atoms. The van der Waals surface area contributed by atoms with E-state index in [4.69, 9.17) is 10.5 Å². The van der Waals surface area contributed by atoms with Crippen molar-refractivity contribution in [2.75, 3.05) is 12.8 Å². The van der Waals surface area contributed by atoms with Gasteiger partial charge in [0.25, 0.3) is 0 Å². The highest BCUT2D eigenvalue weighted by Gasteiger charge is 2.01. The van der Waals surface area contributed by atoms with Crippen molar-refractivity contribution in [1.82, 2.24) is 15.0 Å². The second-order valence-electron chi connectivity index (χ2n) is 2.77. The minimum Gasteiger partial charge on any atom is -0.481 e. The van der Waals surface area contributed by atoms with Crippen LogP contribution in [0.25, 0.3) is 11.3 Å². The number of rotatable bonds is 2. The summed E-state index contributed by atoms with van der Waals surface area (Å²) in [5, 5.41) is 0. The highest BCUT2D eigenvalue weighted by atomic mass is 16.5. The third-order valence-corrected chi connectivity index (χ3v) is 1.85. The Labute approximate surface area is 81.0 Å². The zero-order chi connectivity index (χ0) is 9.97. The molecule has 2 aromatic heterocycles. The van der Waals surface area contributed by atoms with Gasteiger partial charge in [0.05, 0.1) is 19.0 Å². The van der Waals surface area contributed by atoms with Crippen molar-refractivity contribution < 1.29 is 4.74 Å². The Balaban J connectivity index is 2.33. The molecule has 3 N–H and O–H groups in total. The summed E-state index contributed by atoms with van der Waals surface area (Å²) in [6.07, 6.45) is 3.37. The first-order chi connectivity index (χ1) is 6.79. The Morgan fingerprint density at radius 2 is 2.14 bits per heavy atom. The molecule has 2 rings (SSSR count). The van der Waals surface area contributed by atoms with Crippen molar-refractivity contribution >= 4 is 5.95 Å². The van der Waals surface area contributed by atoms with E-state index < -0.39 is 0 Å². The number of H-pyrrole nitrogens is 1. The quantitative estimate of drug-likeness (QED) is 0.742. The second kappa shape index (κ2) is 3.37. The van der Waals surface area contributed by atoms with E-state index in [9.17, 15) is 0 Å². The van der Waals surface area contributed by atoms with Gasteiger partial charge >= 0.3 is 0 Å². The number of aromatic nitrogens is 3. The molecule has 0 saturated carbocycles. The fourth-order valence-electron chi connectivity index (χ4n) is 1.14. The van der Waals surface area contributed by atoms with E-state index >= 15 is 0 Å². The Morgan fingerprint density at radius 1 is 1.29 bits per heavy atom. The summed E-state index contributed by atoms with van der Waals surface area (Å²) < 4.78 is 4.95. The maximum Gasteiger partial charge on any atom is 0.212 e. The number of nitrogen functional groups attached to an aromatic ring is 1. The Bertz CT molecular complexity index is 421. The summed E-state index contributed by atoms with van der Waals surface area (Å²) in [5.74, 6) is 0.983. The van der Waals surface area contributed by atoms with Crippen molar-refractivity contribution in [2.24, 2.45) is 0 Å². The lowest BCUT2D eigenvalue weighted by atomic mass is 10.2. The van der Waals surface area contributed by atoms with Crippen molar-refractivity contribution in [2.45, 2.75) is 0 Å². The Morgan fingerprint density at radius 3 is 2.64 bits per heavy atom. The lowest BCUT2D eigenvalue weighted by molar-refractivity contribution is 0.398. The monoisotopic (exact) mass is 190 g/mol. The molecule has 72 valence electrons. The number of pyridine rings is 1. The molecule has 0 aliphatic heterocycles. The van der Waals surface area contributed by atoms with E-state index in [-0.39, 0.29) is 0 Å². The van der Waals surface area contributed by atoms with Crippen LogP contribution in [0.1, 0.15) is 0 Å². The molecule has 2 aromatic rings. The first-order valence-electron chi connectivity index (χ1n) is 4.10. The van der Waals surface area contributed by atoms with Gasteiger partial charge in [-0.05, 0) is 6.07 Å². The highest BCUT2D eigenvalue weighted by molar-refractivity contribution is 5.58. The van der Waals surface area contributed by atoms with Gasteiger partial charge in [-0.25, -0.2) is 9.97 Å². The first kappa shape index (κ1) is 8.55. The molecular formula is C9H10N4O. The van der Waals surface area contributed by atoms with Crippen LogP contribution in [0.5, 0.6) is 5.88 Å². The predicted molar refractivity (Wildman–Crippen MR) is 52.8 cm³/mol. The van der Waals surface area contributed by atoms with Crippen LogP contribution in [0.15, 0.2) is 24.5 Å². The van der Waals surface area contributed by atoms with Crippen LogP contribution >= 0.6 is 0 Å². The predicted octanol–water partition coefficient (Wildman–Crippen LogP) is 1.06. The Hall–Kier alpha value is -2.04. The largest absolute Gasteiger partial charge is 0.481 e. The van der Waals surface area contributed by atoms with Crippen LogP contribution in [0.3, 0.4) is 0 Å². The average molecular weight is 190 g/mol. The summed E-state index contributed by atoms with van der Waals surface area (Å²) in [4.78, 5) is 10.9. The van der Waals surface area contributed by atoms with Gasteiger partial charge in [0.2, 0.25) is 5.88 Å². The molecular weight excluding hydrogens is 180 g/mol. The van der Waals surface area contributed by atoms with E-state index in [0.29, 0.717) is 11.8 Å². The number of hydrogen-bond acceptors (Lipinski definition) is 4. The molecule has 0 amide bonds. The second-order valence-corrected chi connectivity index (χ2v) is 2.77. The van der Waals surface area contributed by atoms with E-state index in [1.165, 1.54) is 0 Å². The molecule has 0 aromatic carbocycles. The average Bonchev–Trinajstić information content (AvgIpc) is 2.65. The molecule has 0 unspecified atom stereocenters. The van der Waals surface area contributed by atoms with Gasteiger partial charge < -0.3 is 15.5 Å². The third kappa shape index (κ3) is 1.52. The highest BCUT2D eigenvalue weighted by Crippen LogP contribution is 2.18. The van der Waals surface area contributed by atoms with Gasteiger partial charge in [-0.15, -0.1) is 0 Å². The number of aromatic amines is 1. The molecule has 0 aliphatic carbocycles. The molecule has 0 bridgehead atoms. The normalized spacial score (nSPS) is 10.1. The Kier molecular flexibility index (Phi) is 2.06. The van der Waals surface area contributed by atoms with Crippen LogP contribution < -0.4 is 10.5 Å². The number of anilines is 1. The van der Waals surface area contributed by atoms with Crippen molar-refractivity contribution in [3.63, 3.8) is 0 Å². The van der Waals surface area contributed by atoms with E-state index in [0.717, 1.165) is 11.3 Å². The molecule has 0 saturated heterocycles. The lowest BCUT2D eigenvalue weighted by Crippen LogP contribution is -1.88. The van der Waals surface area contributed by atoms with E-state index in [1.807, 2.05) is 6.07 Å². The fourth-order valence-corrected chi connectivity index (χ4v) is 1.14. The molecule has 0 atom stereocenters. The minimum absolute atomic E-state index is 0.399. The number of methoxy groups -OCH3 is 1. The van der Waals surface area contributed by atoms with Gasteiger partial charge in [0.1, 0.15) is 0 Å². The summed E-state index contributed by atoms with van der Waals surface area (Å²) in [6.45, 7) is 0. The number of nitrogens with zero attached hydrogens (tertiary/aromatic N) is 2. The van der Waals surface area contributed by atoms with Crippen molar-refractivity contribution in [3.8, 4) is 17.1 Å². The topological polar surface area (TPSA) is 76.8 Å². The molecule has 0 radical (unpaired) electrons. The summed E-state index contributed by atoms with van der Waals surface area (Å²) in [5.41, 5.74) is 7.23. The SMILES string of the molecule is COc1ccc(-c2cnc(N)[nH]2)cn1. The van der Waals surface area contributed by atoms with Crippen LogP contribution in [0.2, 0.25) is 0 Å². The number of nitrogens with one attached hydrogen (secondary N) is 1. The van der Waals surface area contributed by atoms with Gasteiger partial charge in [0, 0.05) is 17.8 Å². The van der Waals surface area contributed by atoms with Gasteiger partial charge in [0.15, 0.2) is 5.95 Å². The lowest BCUT2D eigenvalue weighted by Gasteiger charge is -1.99. The summed E-state index contributed by atoms with van der Waals surface area (Å²) >= 11 is 0. The van der Waals surface area contributed by atoms with Crippen molar-refractivity contribution in [3.05, 3.63) is 24.5 Å². The maximum atomic E-state index is 5.46.